The molecule has 0 saturated heterocycles. The van der Waals surface area contributed by atoms with Crippen LogP contribution in [0.5, 0.6) is 0 Å². The number of para-hydroxylation sites is 1. The number of thioether (sulfide) groups is 1. The summed E-state index contributed by atoms with van der Waals surface area (Å²) in [5.41, 5.74) is 5.71. The number of amides is 1. The summed E-state index contributed by atoms with van der Waals surface area (Å²) in [5, 5.41) is 9.34. The van der Waals surface area contributed by atoms with Crippen LogP contribution in [0.15, 0.2) is 47.6 Å². The van der Waals surface area contributed by atoms with Crippen molar-refractivity contribution in [1.29, 1.82) is 0 Å². The first-order valence-electron chi connectivity index (χ1n) is 9.55. The molecule has 4 rings (SSSR count). The maximum atomic E-state index is 13.0. The lowest BCUT2D eigenvalue weighted by molar-refractivity contribution is -0.116. The Labute approximate surface area is 169 Å². The highest BCUT2D eigenvalue weighted by molar-refractivity contribution is 7.99. The van der Waals surface area contributed by atoms with E-state index in [4.69, 9.17) is 0 Å². The second kappa shape index (κ2) is 7.80. The van der Waals surface area contributed by atoms with E-state index in [1.165, 1.54) is 22.9 Å². The molecule has 0 atom stereocenters. The second-order valence-corrected chi connectivity index (χ2v) is 8.16. The van der Waals surface area contributed by atoms with Crippen molar-refractivity contribution in [2.24, 2.45) is 0 Å². The standard InChI is InChI=1S/C22H24N4OS/c1-15-10-11-16(2)20(13-15)26-17(3)23-24-22(26)28-14-21(27)25-12-6-8-18-7-4-5-9-19(18)25/h4-5,7,9-11,13H,6,8,12,14H2,1-3H3. The van der Waals surface area contributed by atoms with Crippen LogP contribution in [0.1, 0.15) is 28.9 Å². The highest BCUT2D eigenvalue weighted by Crippen LogP contribution is 2.29. The second-order valence-electron chi connectivity index (χ2n) is 7.22. The summed E-state index contributed by atoms with van der Waals surface area (Å²) in [6.07, 6.45) is 2.04. The molecule has 1 aliphatic heterocycles. The van der Waals surface area contributed by atoms with Crippen LogP contribution in [0.25, 0.3) is 5.69 Å². The summed E-state index contributed by atoms with van der Waals surface area (Å²) in [6, 6.07) is 14.5. The molecule has 5 nitrogen and oxygen atoms in total. The highest BCUT2D eigenvalue weighted by Gasteiger charge is 2.23. The minimum atomic E-state index is 0.116. The fourth-order valence-corrected chi connectivity index (χ4v) is 4.54. The molecular formula is C22H24N4OS. The van der Waals surface area contributed by atoms with E-state index in [1.807, 2.05) is 34.6 Å². The number of carbonyl (C=O) groups excluding carboxylic acids is 1. The number of carbonyl (C=O) groups is 1. The summed E-state index contributed by atoms with van der Waals surface area (Å²) in [6.45, 7) is 6.88. The molecule has 1 amide bonds. The first-order chi connectivity index (χ1) is 13.5. The van der Waals surface area contributed by atoms with Crippen molar-refractivity contribution >= 4 is 23.4 Å². The van der Waals surface area contributed by atoms with Crippen LogP contribution in [-0.4, -0.2) is 33.0 Å². The highest BCUT2D eigenvalue weighted by atomic mass is 32.2. The van der Waals surface area contributed by atoms with E-state index in [2.05, 4.69) is 48.3 Å². The van der Waals surface area contributed by atoms with Crippen LogP contribution in [0.2, 0.25) is 0 Å². The summed E-state index contributed by atoms with van der Waals surface area (Å²) >= 11 is 1.45. The van der Waals surface area contributed by atoms with E-state index in [0.717, 1.165) is 47.3 Å². The number of benzene rings is 2. The molecule has 144 valence electrons. The quantitative estimate of drug-likeness (QED) is 0.623. The third-order valence-corrected chi connectivity index (χ3v) is 6.05. The SMILES string of the molecule is Cc1ccc(C)c(-n2c(C)nnc2SCC(=O)N2CCCc3ccccc32)c1. The van der Waals surface area contributed by atoms with Gasteiger partial charge in [-0.3, -0.25) is 9.36 Å². The van der Waals surface area contributed by atoms with Crippen molar-refractivity contribution in [2.75, 3.05) is 17.2 Å². The predicted molar refractivity (Wildman–Crippen MR) is 113 cm³/mol. The summed E-state index contributed by atoms with van der Waals surface area (Å²) in [7, 11) is 0. The molecule has 28 heavy (non-hydrogen) atoms. The number of fused-ring (bicyclic) bond motifs is 1. The van der Waals surface area contributed by atoms with Crippen LogP contribution in [0.4, 0.5) is 5.69 Å². The maximum Gasteiger partial charge on any atom is 0.237 e. The van der Waals surface area contributed by atoms with Gasteiger partial charge in [0, 0.05) is 12.2 Å². The van der Waals surface area contributed by atoms with Gasteiger partial charge in [-0.2, -0.15) is 0 Å². The van der Waals surface area contributed by atoms with Gasteiger partial charge in [0.05, 0.1) is 11.4 Å². The molecule has 0 spiro atoms. The largest absolute Gasteiger partial charge is 0.311 e. The third-order valence-electron chi connectivity index (χ3n) is 5.14. The normalized spacial score (nSPS) is 13.5. The van der Waals surface area contributed by atoms with Crippen LogP contribution in [-0.2, 0) is 11.2 Å². The van der Waals surface area contributed by atoms with Crippen LogP contribution >= 0.6 is 11.8 Å². The molecule has 2 heterocycles. The van der Waals surface area contributed by atoms with Gasteiger partial charge in [-0.05, 0) is 62.4 Å². The molecular weight excluding hydrogens is 368 g/mol. The van der Waals surface area contributed by atoms with E-state index in [1.54, 1.807) is 0 Å². The molecule has 0 bridgehead atoms. The number of nitrogens with zero attached hydrogens (tertiary/aromatic N) is 4. The molecule has 0 aliphatic carbocycles. The Bertz CT molecular complexity index is 1030. The molecule has 0 unspecified atom stereocenters. The zero-order chi connectivity index (χ0) is 19.7. The average Bonchev–Trinajstić information content (AvgIpc) is 3.07. The van der Waals surface area contributed by atoms with Gasteiger partial charge in [0.15, 0.2) is 5.16 Å². The smallest absolute Gasteiger partial charge is 0.237 e. The minimum Gasteiger partial charge on any atom is -0.311 e. The number of anilines is 1. The van der Waals surface area contributed by atoms with Gasteiger partial charge in [0.2, 0.25) is 5.91 Å². The molecule has 3 aromatic rings. The predicted octanol–water partition coefficient (Wildman–Crippen LogP) is 4.26. The fraction of sp³-hybridized carbons (Fsp3) is 0.318. The van der Waals surface area contributed by atoms with Crippen molar-refractivity contribution < 1.29 is 4.79 Å². The lowest BCUT2D eigenvalue weighted by Gasteiger charge is -2.29. The monoisotopic (exact) mass is 392 g/mol. The van der Waals surface area contributed by atoms with Crippen molar-refractivity contribution in [3.05, 3.63) is 65.0 Å². The summed E-state index contributed by atoms with van der Waals surface area (Å²) in [5.74, 6) is 1.29. The Hall–Kier alpha value is -2.60. The summed E-state index contributed by atoms with van der Waals surface area (Å²) in [4.78, 5) is 14.9. The van der Waals surface area contributed by atoms with Gasteiger partial charge in [-0.25, -0.2) is 0 Å². The molecule has 0 fully saturated rings. The number of aromatic nitrogens is 3. The van der Waals surface area contributed by atoms with Crippen molar-refractivity contribution in [3.8, 4) is 5.69 Å². The molecule has 1 aliphatic rings. The van der Waals surface area contributed by atoms with Gasteiger partial charge >= 0.3 is 0 Å². The van der Waals surface area contributed by atoms with E-state index >= 15 is 0 Å². The van der Waals surface area contributed by atoms with Crippen molar-refractivity contribution in [3.63, 3.8) is 0 Å². The Kier molecular flexibility index (Phi) is 5.22. The number of hydrogen-bond acceptors (Lipinski definition) is 4. The van der Waals surface area contributed by atoms with E-state index in [9.17, 15) is 4.79 Å². The van der Waals surface area contributed by atoms with Gasteiger partial charge in [0.25, 0.3) is 0 Å². The molecule has 0 saturated carbocycles. The van der Waals surface area contributed by atoms with Gasteiger partial charge in [-0.1, -0.05) is 42.1 Å². The fourth-order valence-electron chi connectivity index (χ4n) is 3.67. The Morgan fingerprint density at radius 1 is 1.07 bits per heavy atom. The maximum absolute atomic E-state index is 13.0. The molecule has 1 aromatic heterocycles. The van der Waals surface area contributed by atoms with E-state index < -0.39 is 0 Å². The summed E-state index contributed by atoms with van der Waals surface area (Å²) < 4.78 is 2.05. The van der Waals surface area contributed by atoms with Gasteiger partial charge < -0.3 is 4.90 Å². The first-order valence-corrected chi connectivity index (χ1v) is 10.5. The lowest BCUT2D eigenvalue weighted by atomic mass is 10.0. The van der Waals surface area contributed by atoms with Gasteiger partial charge in [0.1, 0.15) is 5.82 Å². The zero-order valence-electron chi connectivity index (χ0n) is 16.5. The molecule has 0 radical (unpaired) electrons. The number of hydrogen-bond donors (Lipinski definition) is 0. The lowest BCUT2D eigenvalue weighted by Crippen LogP contribution is -2.36. The number of aryl methyl sites for hydroxylation is 4. The zero-order valence-corrected chi connectivity index (χ0v) is 17.3. The van der Waals surface area contributed by atoms with Crippen LogP contribution in [0, 0.1) is 20.8 Å². The Balaban J connectivity index is 1.56. The molecule has 2 aromatic carbocycles. The Morgan fingerprint density at radius 2 is 1.89 bits per heavy atom. The number of rotatable bonds is 4. The van der Waals surface area contributed by atoms with E-state index in [-0.39, 0.29) is 5.91 Å². The average molecular weight is 393 g/mol. The minimum absolute atomic E-state index is 0.116. The van der Waals surface area contributed by atoms with Crippen LogP contribution < -0.4 is 4.90 Å². The van der Waals surface area contributed by atoms with Gasteiger partial charge in [-0.15, -0.1) is 10.2 Å². The topological polar surface area (TPSA) is 51.0 Å². The van der Waals surface area contributed by atoms with Crippen molar-refractivity contribution in [1.82, 2.24) is 14.8 Å². The van der Waals surface area contributed by atoms with E-state index in [0.29, 0.717) is 5.75 Å². The molecule has 0 N–H and O–H groups in total. The van der Waals surface area contributed by atoms with Crippen LogP contribution in [0.3, 0.4) is 0 Å². The molecule has 6 heteroatoms. The first kappa shape index (κ1) is 18.7. The Morgan fingerprint density at radius 3 is 2.75 bits per heavy atom. The van der Waals surface area contributed by atoms with Crippen molar-refractivity contribution in [2.45, 2.75) is 38.8 Å². The third kappa shape index (κ3) is 3.56.